The molecular weight excluding hydrogens is 266 g/mol. The summed E-state index contributed by atoms with van der Waals surface area (Å²) in [6, 6.07) is 5.64. The van der Waals surface area contributed by atoms with Crippen LogP contribution in [0.5, 0.6) is 0 Å². The normalized spacial score (nSPS) is 13.7. The number of aliphatic hydroxyl groups is 1. The van der Waals surface area contributed by atoms with E-state index in [0.717, 1.165) is 6.07 Å². The molecule has 2 atom stereocenters. The van der Waals surface area contributed by atoms with Crippen molar-refractivity contribution in [1.29, 1.82) is 5.26 Å². The summed E-state index contributed by atoms with van der Waals surface area (Å²) in [4.78, 5) is 3.75. The highest BCUT2D eigenvalue weighted by Crippen LogP contribution is 2.36. The molecule has 0 saturated heterocycles. The van der Waals surface area contributed by atoms with Gasteiger partial charge in [-0.05, 0) is 12.5 Å². The summed E-state index contributed by atoms with van der Waals surface area (Å²) in [7, 11) is 0. The van der Waals surface area contributed by atoms with E-state index in [9.17, 15) is 14.0 Å². The molecule has 1 N–H and O–H groups in total. The third-order valence-electron chi connectivity index (χ3n) is 3.11. The number of halogens is 2. The molecule has 1 aromatic heterocycles. The van der Waals surface area contributed by atoms with Gasteiger partial charge in [0.15, 0.2) is 18.0 Å². The molecule has 0 unspecified atom stereocenters. The summed E-state index contributed by atoms with van der Waals surface area (Å²) in [5, 5.41) is 18.4. The number of benzene rings is 1. The van der Waals surface area contributed by atoms with Gasteiger partial charge in [0.05, 0.1) is 18.2 Å². The molecule has 0 spiro atoms. The molecule has 1 heterocycles. The van der Waals surface area contributed by atoms with E-state index in [1.807, 2.05) is 6.07 Å². The maximum Gasteiger partial charge on any atom is 0.180 e. The van der Waals surface area contributed by atoms with Crippen LogP contribution < -0.4 is 0 Å². The van der Waals surface area contributed by atoms with Gasteiger partial charge in [-0.2, -0.15) is 5.26 Å². The second-order valence-corrected chi connectivity index (χ2v) is 4.27. The summed E-state index contributed by atoms with van der Waals surface area (Å²) in [6.45, 7) is -0.208. The highest BCUT2D eigenvalue weighted by Gasteiger charge is 2.30. The number of hydrogen-bond donors (Lipinski definition) is 1. The zero-order valence-corrected chi connectivity index (χ0v) is 10.5. The number of nitrogens with zero attached hydrogens (tertiary/aromatic N) is 2. The highest BCUT2D eigenvalue weighted by molar-refractivity contribution is 5.31. The molecule has 4 nitrogen and oxygen atoms in total. The molecule has 1 aromatic carbocycles. The van der Waals surface area contributed by atoms with Crippen molar-refractivity contribution in [3.05, 3.63) is 53.7 Å². The van der Waals surface area contributed by atoms with Gasteiger partial charge in [0, 0.05) is 18.1 Å². The van der Waals surface area contributed by atoms with Gasteiger partial charge < -0.3 is 9.52 Å². The van der Waals surface area contributed by atoms with Crippen LogP contribution in [0, 0.1) is 23.0 Å². The Morgan fingerprint density at radius 3 is 2.80 bits per heavy atom. The Balaban J connectivity index is 2.44. The van der Waals surface area contributed by atoms with E-state index in [1.54, 1.807) is 0 Å². The summed E-state index contributed by atoms with van der Waals surface area (Å²) in [5.41, 5.74) is -0.0534. The van der Waals surface area contributed by atoms with Gasteiger partial charge in [-0.1, -0.05) is 12.1 Å². The third-order valence-corrected chi connectivity index (χ3v) is 3.11. The minimum Gasteiger partial charge on any atom is -0.448 e. The monoisotopic (exact) mass is 278 g/mol. The van der Waals surface area contributed by atoms with Crippen LogP contribution in [-0.2, 0) is 0 Å². The molecule has 2 aromatic rings. The lowest BCUT2D eigenvalue weighted by Crippen LogP contribution is -2.13. The summed E-state index contributed by atoms with van der Waals surface area (Å²) in [6.07, 6.45) is 2.78. The van der Waals surface area contributed by atoms with Crippen molar-refractivity contribution in [1.82, 2.24) is 4.98 Å². The Bertz CT molecular complexity index is 608. The number of hydrogen-bond acceptors (Lipinski definition) is 4. The van der Waals surface area contributed by atoms with Gasteiger partial charge in [0.2, 0.25) is 0 Å². The molecule has 6 heteroatoms. The van der Waals surface area contributed by atoms with Gasteiger partial charge in [0.1, 0.15) is 5.76 Å². The van der Waals surface area contributed by atoms with Crippen LogP contribution in [0.4, 0.5) is 8.78 Å². The molecule has 0 fully saturated rings. The van der Waals surface area contributed by atoms with Crippen LogP contribution in [0.3, 0.4) is 0 Å². The van der Waals surface area contributed by atoms with Gasteiger partial charge >= 0.3 is 0 Å². The van der Waals surface area contributed by atoms with Crippen LogP contribution in [0.15, 0.2) is 35.2 Å². The Morgan fingerprint density at radius 2 is 2.20 bits per heavy atom. The third kappa shape index (κ3) is 2.68. The Hall–Kier alpha value is -2.26. The summed E-state index contributed by atoms with van der Waals surface area (Å²) >= 11 is 0. The lowest BCUT2D eigenvalue weighted by molar-refractivity contribution is 0.262. The standard InChI is InChI=1S/C14H12F2N2O2/c15-12-3-1-2-10(14(12)16)11(6-17)9(4-5-19)13-7-18-8-20-13/h1-3,7-9,11,19H,4-5H2/t9-,11-/m0/s1. The Labute approximate surface area is 114 Å². The van der Waals surface area contributed by atoms with Crippen molar-refractivity contribution >= 4 is 0 Å². The fourth-order valence-electron chi connectivity index (χ4n) is 2.16. The van der Waals surface area contributed by atoms with E-state index in [0.29, 0.717) is 5.76 Å². The topological polar surface area (TPSA) is 70.0 Å². The first-order valence-electron chi connectivity index (χ1n) is 6.01. The van der Waals surface area contributed by atoms with Crippen molar-refractivity contribution in [2.75, 3.05) is 6.61 Å². The Kier molecular flexibility index (Phi) is 4.43. The summed E-state index contributed by atoms with van der Waals surface area (Å²) in [5.74, 6) is -3.27. The van der Waals surface area contributed by atoms with Crippen LogP contribution in [0.2, 0.25) is 0 Å². The van der Waals surface area contributed by atoms with E-state index in [-0.39, 0.29) is 18.6 Å². The Morgan fingerprint density at radius 1 is 1.40 bits per heavy atom. The number of rotatable bonds is 5. The fraction of sp³-hybridized carbons (Fsp3) is 0.286. The summed E-state index contributed by atoms with van der Waals surface area (Å²) < 4.78 is 32.3. The molecule has 0 amide bonds. The van der Waals surface area contributed by atoms with E-state index >= 15 is 0 Å². The molecule has 0 saturated carbocycles. The minimum atomic E-state index is -1.05. The predicted molar refractivity (Wildman–Crippen MR) is 65.7 cm³/mol. The van der Waals surface area contributed by atoms with Crippen LogP contribution in [-0.4, -0.2) is 16.7 Å². The molecule has 0 aliphatic rings. The molecule has 104 valence electrons. The number of aliphatic hydroxyl groups excluding tert-OH is 1. The average molecular weight is 278 g/mol. The van der Waals surface area contributed by atoms with Gasteiger partial charge in [-0.15, -0.1) is 0 Å². The second kappa shape index (κ2) is 6.26. The molecule has 0 aliphatic heterocycles. The van der Waals surface area contributed by atoms with Crippen LogP contribution >= 0.6 is 0 Å². The van der Waals surface area contributed by atoms with E-state index < -0.39 is 23.5 Å². The lowest BCUT2D eigenvalue weighted by Gasteiger charge is -2.19. The molecule has 0 radical (unpaired) electrons. The molecule has 0 bridgehead atoms. The van der Waals surface area contributed by atoms with Crippen molar-refractivity contribution < 1.29 is 18.3 Å². The van der Waals surface area contributed by atoms with E-state index in [1.165, 1.54) is 24.7 Å². The molecule has 0 aliphatic carbocycles. The second-order valence-electron chi connectivity index (χ2n) is 4.27. The van der Waals surface area contributed by atoms with Crippen molar-refractivity contribution in [3.63, 3.8) is 0 Å². The molecular formula is C14H12F2N2O2. The molecule has 2 rings (SSSR count). The number of aromatic nitrogens is 1. The maximum absolute atomic E-state index is 13.8. The van der Waals surface area contributed by atoms with E-state index in [2.05, 4.69) is 4.98 Å². The average Bonchev–Trinajstić information content (AvgIpc) is 2.97. The quantitative estimate of drug-likeness (QED) is 0.912. The first-order valence-corrected chi connectivity index (χ1v) is 6.01. The lowest BCUT2D eigenvalue weighted by atomic mass is 9.83. The zero-order chi connectivity index (χ0) is 14.5. The first-order chi connectivity index (χ1) is 9.69. The van der Waals surface area contributed by atoms with Crippen molar-refractivity contribution in [2.24, 2.45) is 0 Å². The number of oxazole rings is 1. The zero-order valence-electron chi connectivity index (χ0n) is 10.5. The SMILES string of the molecule is N#C[C@H](c1cccc(F)c1F)[C@H](CCO)c1cnco1. The fourth-order valence-corrected chi connectivity index (χ4v) is 2.16. The van der Waals surface area contributed by atoms with Crippen LogP contribution in [0.25, 0.3) is 0 Å². The largest absolute Gasteiger partial charge is 0.448 e. The van der Waals surface area contributed by atoms with Gasteiger partial charge in [-0.25, -0.2) is 13.8 Å². The van der Waals surface area contributed by atoms with Gasteiger partial charge in [-0.3, -0.25) is 0 Å². The van der Waals surface area contributed by atoms with Crippen molar-refractivity contribution in [3.8, 4) is 6.07 Å². The smallest absolute Gasteiger partial charge is 0.180 e. The number of nitriles is 1. The maximum atomic E-state index is 13.8. The first kappa shape index (κ1) is 14.2. The highest BCUT2D eigenvalue weighted by atomic mass is 19.2. The minimum absolute atomic E-state index is 0.0534. The van der Waals surface area contributed by atoms with E-state index in [4.69, 9.17) is 9.52 Å². The molecule has 20 heavy (non-hydrogen) atoms. The van der Waals surface area contributed by atoms with Crippen molar-refractivity contribution in [2.45, 2.75) is 18.3 Å². The van der Waals surface area contributed by atoms with Crippen LogP contribution in [0.1, 0.15) is 29.6 Å². The van der Waals surface area contributed by atoms with Gasteiger partial charge in [0.25, 0.3) is 0 Å². The predicted octanol–water partition coefficient (Wildman–Crippen LogP) is 2.73.